The van der Waals surface area contributed by atoms with Crippen molar-refractivity contribution in [2.75, 3.05) is 19.0 Å². The zero-order valence-corrected chi connectivity index (χ0v) is 11.3. The van der Waals surface area contributed by atoms with E-state index in [2.05, 4.69) is 46.5 Å². The van der Waals surface area contributed by atoms with Gasteiger partial charge in [-0.05, 0) is 49.1 Å². The van der Waals surface area contributed by atoms with Crippen molar-refractivity contribution in [3.63, 3.8) is 0 Å². The summed E-state index contributed by atoms with van der Waals surface area (Å²) in [5.74, 6) is 0.773. The summed E-state index contributed by atoms with van der Waals surface area (Å²) in [6.45, 7) is 0.776. The SMILES string of the molecule is COCC(Nc1cccc(-n2cccc2)c1)C1CC1. The third-order valence-corrected chi connectivity index (χ3v) is 3.64. The van der Waals surface area contributed by atoms with E-state index in [1.54, 1.807) is 7.11 Å². The van der Waals surface area contributed by atoms with Gasteiger partial charge in [0.05, 0.1) is 12.6 Å². The molecule has 0 radical (unpaired) electrons. The lowest BCUT2D eigenvalue weighted by atomic mass is 10.2. The fourth-order valence-electron chi connectivity index (χ4n) is 2.45. The molecular weight excluding hydrogens is 236 g/mol. The second-order valence-electron chi connectivity index (χ2n) is 5.18. The summed E-state index contributed by atoms with van der Waals surface area (Å²) in [4.78, 5) is 0. The van der Waals surface area contributed by atoms with E-state index < -0.39 is 0 Å². The van der Waals surface area contributed by atoms with Gasteiger partial charge in [-0.25, -0.2) is 0 Å². The molecule has 0 spiro atoms. The maximum Gasteiger partial charge on any atom is 0.0666 e. The standard InChI is InChI=1S/C16H20N2O/c1-19-12-16(13-7-8-13)17-14-5-4-6-15(11-14)18-9-2-3-10-18/h2-6,9-11,13,16-17H,7-8,12H2,1H3. The molecular formula is C16H20N2O. The Hall–Kier alpha value is -1.74. The van der Waals surface area contributed by atoms with Gasteiger partial charge in [-0.3, -0.25) is 0 Å². The number of benzene rings is 1. The first kappa shape index (κ1) is 12.3. The van der Waals surface area contributed by atoms with Gasteiger partial charge in [0, 0.05) is 30.9 Å². The first-order valence-electron chi connectivity index (χ1n) is 6.86. The Morgan fingerprint density at radius 2 is 2.05 bits per heavy atom. The monoisotopic (exact) mass is 256 g/mol. The van der Waals surface area contributed by atoms with E-state index in [9.17, 15) is 0 Å². The highest BCUT2D eigenvalue weighted by Gasteiger charge is 2.31. The Bertz CT molecular complexity index is 517. The normalized spacial score (nSPS) is 16.3. The van der Waals surface area contributed by atoms with E-state index in [4.69, 9.17) is 4.74 Å². The second kappa shape index (κ2) is 5.49. The lowest BCUT2D eigenvalue weighted by Crippen LogP contribution is -2.27. The maximum atomic E-state index is 5.31. The van der Waals surface area contributed by atoms with E-state index in [1.807, 2.05) is 12.1 Å². The Morgan fingerprint density at radius 3 is 2.74 bits per heavy atom. The van der Waals surface area contributed by atoms with Crippen LogP contribution in [0.1, 0.15) is 12.8 Å². The van der Waals surface area contributed by atoms with Crippen LogP contribution in [0.15, 0.2) is 48.8 Å². The molecule has 1 unspecified atom stereocenters. The Labute approximate surface area is 114 Å². The van der Waals surface area contributed by atoms with Crippen molar-refractivity contribution in [1.82, 2.24) is 4.57 Å². The number of aromatic nitrogens is 1. The van der Waals surface area contributed by atoms with Gasteiger partial charge >= 0.3 is 0 Å². The molecule has 0 bridgehead atoms. The number of ether oxygens (including phenoxy) is 1. The molecule has 0 amide bonds. The summed E-state index contributed by atoms with van der Waals surface area (Å²) in [6, 6.07) is 13.0. The van der Waals surface area contributed by atoms with Gasteiger partial charge in [-0.2, -0.15) is 0 Å². The minimum Gasteiger partial charge on any atom is -0.383 e. The van der Waals surface area contributed by atoms with Gasteiger partial charge in [0.25, 0.3) is 0 Å². The molecule has 1 aliphatic rings. The molecule has 19 heavy (non-hydrogen) atoms. The number of nitrogens with zero attached hydrogens (tertiary/aromatic N) is 1. The van der Waals surface area contributed by atoms with Gasteiger partial charge in [0.15, 0.2) is 0 Å². The van der Waals surface area contributed by atoms with Crippen LogP contribution in [0.2, 0.25) is 0 Å². The Kier molecular flexibility index (Phi) is 3.56. The van der Waals surface area contributed by atoms with Crippen molar-refractivity contribution >= 4 is 5.69 Å². The topological polar surface area (TPSA) is 26.2 Å². The number of rotatable bonds is 6. The first-order valence-corrected chi connectivity index (χ1v) is 6.86. The fraction of sp³-hybridized carbons (Fsp3) is 0.375. The summed E-state index contributed by atoms with van der Waals surface area (Å²) < 4.78 is 7.43. The number of nitrogens with one attached hydrogen (secondary N) is 1. The quantitative estimate of drug-likeness (QED) is 0.858. The second-order valence-corrected chi connectivity index (χ2v) is 5.18. The molecule has 1 aromatic carbocycles. The summed E-state index contributed by atoms with van der Waals surface area (Å²) in [6.07, 6.45) is 6.76. The molecule has 3 nitrogen and oxygen atoms in total. The molecule has 3 rings (SSSR count). The van der Waals surface area contributed by atoms with Crippen LogP contribution in [0.5, 0.6) is 0 Å². The van der Waals surface area contributed by atoms with Gasteiger partial charge in [-0.15, -0.1) is 0 Å². The van der Waals surface area contributed by atoms with Gasteiger partial charge < -0.3 is 14.6 Å². The maximum absolute atomic E-state index is 5.31. The predicted molar refractivity (Wildman–Crippen MR) is 77.8 cm³/mol. The van der Waals surface area contributed by atoms with Crippen molar-refractivity contribution in [2.45, 2.75) is 18.9 Å². The number of methoxy groups -OCH3 is 1. The van der Waals surface area contributed by atoms with Crippen LogP contribution < -0.4 is 5.32 Å². The van der Waals surface area contributed by atoms with E-state index in [0.29, 0.717) is 6.04 Å². The smallest absolute Gasteiger partial charge is 0.0666 e. The van der Waals surface area contributed by atoms with Crippen LogP contribution in [0.3, 0.4) is 0 Å². The zero-order valence-electron chi connectivity index (χ0n) is 11.3. The summed E-state index contributed by atoms with van der Waals surface area (Å²) in [5.41, 5.74) is 2.35. The molecule has 2 aromatic rings. The molecule has 0 saturated heterocycles. The molecule has 1 saturated carbocycles. The molecule has 1 fully saturated rings. The molecule has 100 valence electrons. The molecule has 1 N–H and O–H groups in total. The van der Waals surface area contributed by atoms with Gasteiger partial charge in [0.1, 0.15) is 0 Å². The van der Waals surface area contributed by atoms with Crippen LogP contribution in [0.25, 0.3) is 5.69 Å². The zero-order chi connectivity index (χ0) is 13.1. The van der Waals surface area contributed by atoms with Crippen molar-refractivity contribution in [1.29, 1.82) is 0 Å². The van der Waals surface area contributed by atoms with Crippen LogP contribution in [-0.2, 0) is 4.74 Å². The van der Waals surface area contributed by atoms with Crippen LogP contribution in [0.4, 0.5) is 5.69 Å². The molecule has 1 atom stereocenters. The van der Waals surface area contributed by atoms with Crippen molar-refractivity contribution in [3.8, 4) is 5.69 Å². The lowest BCUT2D eigenvalue weighted by molar-refractivity contribution is 0.179. The predicted octanol–water partition coefficient (Wildman–Crippen LogP) is 3.31. The number of hydrogen-bond donors (Lipinski definition) is 1. The largest absolute Gasteiger partial charge is 0.383 e. The van der Waals surface area contributed by atoms with E-state index in [0.717, 1.165) is 12.5 Å². The highest BCUT2D eigenvalue weighted by molar-refractivity contribution is 5.52. The summed E-state index contributed by atoms with van der Waals surface area (Å²) >= 11 is 0. The van der Waals surface area contributed by atoms with Crippen LogP contribution in [-0.4, -0.2) is 24.3 Å². The van der Waals surface area contributed by atoms with E-state index >= 15 is 0 Å². The molecule has 3 heteroatoms. The highest BCUT2D eigenvalue weighted by atomic mass is 16.5. The van der Waals surface area contributed by atoms with Gasteiger partial charge in [0.2, 0.25) is 0 Å². The first-order chi connectivity index (χ1) is 9.36. The molecule has 1 aliphatic carbocycles. The molecule has 1 heterocycles. The molecule has 0 aliphatic heterocycles. The highest BCUT2D eigenvalue weighted by Crippen LogP contribution is 2.34. The Morgan fingerprint density at radius 1 is 1.26 bits per heavy atom. The lowest BCUT2D eigenvalue weighted by Gasteiger charge is -2.19. The van der Waals surface area contributed by atoms with Crippen LogP contribution >= 0.6 is 0 Å². The van der Waals surface area contributed by atoms with E-state index in [-0.39, 0.29) is 0 Å². The number of anilines is 1. The van der Waals surface area contributed by atoms with Gasteiger partial charge in [-0.1, -0.05) is 6.07 Å². The molecule has 1 aromatic heterocycles. The third kappa shape index (κ3) is 2.99. The minimum absolute atomic E-state index is 0.435. The Balaban J connectivity index is 1.75. The average molecular weight is 256 g/mol. The van der Waals surface area contributed by atoms with Crippen molar-refractivity contribution in [2.24, 2.45) is 5.92 Å². The fourth-order valence-corrected chi connectivity index (χ4v) is 2.45. The van der Waals surface area contributed by atoms with Crippen LogP contribution in [0, 0.1) is 5.92 Å². The summed E-state index contributed by atoms with van der Waals surface area (Å²) in [5, 5.41) is 3.61. The van der Waals surface area contributed by atoms with Crippen molar-refractivity contribution < 1.29 is 4.74 Å². The average Bonchev–Trinajstić information content (AvgIpc) is 3.13. The van der Waals surface area contributed by atoms with Crippen molar-refractivity contribution in [3.05, 3.63) is 48.8 Å². The summed E-state index contributed by atoms with van der Waals surface area (Å²) in [7, 11) is 1.77. The number of hydrogen-bond acceptors (Lipinski definition) is 2. The third-order valence-electron chi connectivity index (χ3n) is 3.64. The van der Waals surface area contributed by atoms with E-state index in [1.165, 1.54) is 24.2 Å². The minimum atomic E-state index is 0.435.